The molecule has 1 saturated heterocycles. The predicted molar refractivity (Wildman–Crippen MR) is 177 cm³/mol. The molecule has 3 aromatic carbocycles. The molecule has 2 amide bonds. The van der Waals surface area contributed by atoms with Crippen LogP contribution in [-0.4, -0.2) is 78.6 Å². The standard InChI is InChI=1S/C38H49N3O3/c1-3-23-41(38(43)44-26-13-16-30-14-7-4-8-15-30)34-21-24-40(25-22-34)29-33-27-35(28-36(33)31-17-9-5-10-18-31)39(2)37(42)32-19-11-6-12-20-32/h4-12,14-15,17-20,33-36H,3,13,16,21-29H2,1-2H3. The lowest BCUT2D eigenvalue weighted by molar-refractivity contribution is 0.0605. The number of aryl methyl sites for hydroxylation is 1. The van der Waals surface area contributed by atoms with Gasteiger partial charge < -0.3 is 19.4 Å². The molecule has 1 aliphatic heterocycles. The summed E-state index contributed by atoms with van der Waals surface area (Å²) < 4.78 is 5.76. The molecule has 6 nitrogen and oxygen atoms in total. The van der Waals surface area contributed by atoms with Crippen LogP contribution in [0.25, 0.3) is 0 Å². The molecule has 44 heavy (non-hydrogen) atoms. The average Bonchev–Trinajstić information content (AvgIpc) is 3.50. The van der Waals surface area contributed by atoms with Gasteiger partial charge in [0.05, 0.1) is 6.61 Å². The molecule has 5 rings (SSSR count). The van der Waals surface area contributed by atoms with Gasteiger partial charge in [-0.3, -0.25) is 4.79 Å². The van der Waals surface area contributed by atoms with E-state index >= 15 is 0 Å². The summed E-state index contributed by atoms with van der Waals surface area (Å²) in [7, 11) is 1.97. The van der Waals surface area contributed by atoms with Crippen molar-refractivity contribution in [3.63, 3.8) is 0 Å². The first-order chi connectivity index (χ1) is 21.5. The summed E-state index contributed by atoms with van der Waals surface area (Å²) in [4.78, 5) is 33.0. The van der Waals surface area contributed by atoms with Gasteiger partial charge in [-0.25, -0.2) is 4.79 Å². The molecule has 0 bridgehead atoms. The molecule has 234 valence electrons. The number of likely N-dealkylation sites (tertiary alicyclic amines) is 1. The highest BCUT2D eigenvalue weighted by molar-refractivity contribution is 5.94. The van der Waals surface area contributed by atoms with Crippen molar-refractivity contribution >= 4 is 12.0 Å². The Hall–Kier alpha value is -3.64. The molecule has 0 aromatic heterocycles. The Balaban J connectivity index is 1.15. The monoisotopic (exact) mass is 595 g/mol. The van der Waals surface area contributed by atoms with Crippen LogP contribution in [0.4, 0.5) is 4.79 Å². The molecule has 3 unspecified atom stereocenters. The molecule has 0 spiro atoms. The van der Waals surface area contributed by atoms with Gasteiger partial charge >= 0.3 is 6.09 Å². The zero-order chi connectivity index (χ0) is 30.7. The lowest BCUT2D eigenvalue weighted by Crippen LogP contribution is -2.48. The topological polar surface area (TPSA) is 53.1 Å². The molecule has 3 atom stereocenters. The Morgan fingerprint density at radius 3 is 2.14 bits per heavy atom. The third-order valence-corrected chi connectivity index (χ3v) is 9.65. The van der Waals surface area contributed by atoms with Crippen LogP contribution in [0, 0.1) is 5.92 Å². The molecule has 1 heterocycles. The number of amides is 2. The van der Waals surface area contributed by atoms with Gasteiger partial charge in [-0.15, -0.1) is 0 Å². The Morgan fingerprint density at radius 2 is 1.48 bits per heavy atom. The van der Waals surface area contributed by atoms with Gasteiger partial charge in [0.1, 0.15) is 0 Å². The third-order valence-electron chi connectivity index (χ3n) is 9.65. The Morgan fingerprint density at radius 1 is 0.841 bits per heavy atom. The largest absolute Gasteiger partial charge is 0.449 e. The number of nitrogens with zero attached hydrogens (tertiary/aromatic N) is 3. The lowest BCUT2D eigenvalue weighted by Gasteiger charge is -2.39. The second-order valence-electron chi connectivity index (χ2n) is 12.6. The van der Waals surface area contributed by atoms with Crippen molar-refractivity contribution in [2.45, 2.75) is 69.9 Å². The summed E-state index contributed by atoms with van der Waals surface area (Å²) in [5.41, 5.74) is 3.40. The fourth-order valence-corrected chi connectivity index (χ4v) is 7.24. The van der Waals surface area contributed by atoms with E-state index in [1.165, 1.54) is 11.1 Å². The summed E-state index contributed by atoms with van der Waals surface area (Å²) in [6.07, 6.45) is 6.46. The Kier molecular flexibility index (Phi) is 11.5. The van der Waals surface area contributed by atoms with Crippen molar-refractivity contribution in [2.75, 3.05) is 39.8 Å². The van der Waals surface area contributed by atoms with Crippen molar-refractivity contribution in [1.82, 2.24) is 14.7 Å². The molecular weight excluding hydrogens is 546 g/mol. The first kappa shape index (κ1) is 31.8. The van der Waals surface area contributed by atoms with E-state index in [2.05, 4.69) is 66.4 Å². The molecule has 0 radical (unpaired) electrons. The molecular formula is C38H49N3O3. The Labute approximate surface area is 264 Å². The van der Waals surface area contributed by atoms with E-state index in [0.29, 0.717) is 18.4 Å². The lowest BCUT2D eigenvalue weighted by atomic mass is 9.88. The molecule has 2 aliphatic rings. The summed E-state index contributed by atoms with van der Waals surface area (Å²) >= 11 is 0. The number of carbonyl (C=O) groups is 2. The van der Waals surface area contributed by atoms with E-state index in [9.17, 15) is 9.59 Å². The number of hydrogen-bond acceptors (Lipinski definition) is 4. The van der Waals surface area contributed by atoms with E-state index < -0.39 is 0 Å². The Bertz CT molecular complexity index is 1290. The van der Waals surface area contributed by atoms with E-state index in [0.717, 1.165) is 76.7 Å². The second kappa shape index (κ2) is 15.9. The highest BCUT2D eigenvalue weighted by Crippen LogP contribution is 2.42. The van der Waals surface area contributed by atoms with Gasteiger partial charge in [-0.2, -0.15) is 0 Å². The van der Waals surface area contributed by atoms with Crippen molar-refractivity contribution in [1.29, 1.82) is 0 Å². The van der Waals surface area contributed by atoms with Gasteiger partial charge in [0.15, 0.2) is 0 Å². The van der Waals surface area contributed by atoms with E-state index in [-0.39, 0.29) is 24.1 Å². The molecule has 2 fully saturated rings. The summed E-state index contributed by atoms with van der Waals surface area (Å²) in [5.74, 6) is 1.01. The molecule has 0 N–H and O–H groups in total. The maximum atomic E-state index is 13.3. The van der Waals surface area contributed by atoms with E-state index in [4.69, 9.17) is 4.74 Å². The minimum absolute atomic E-state index is 0.104. The van der Waals surface area contributed by atoms with Gasteiger partial charge in [0.25, 0.3) is 5.91 Å². The van der Waals surface area contributed by atoms with Crippen LogP contribution in [0.3, 0.4) is 0 Å². The fraction of sp³-hybridized carbons (Fsp3) is 0.474. The zero-order valence-electron chi connectivity index (χ0n) is 26.5. The molecule has 3 aromatic rings. The quantitative estimate of drug-likeness (QED) is 0.207. The van der Waals surface area contributed by atoms with Crippen LogP contribution in [-0.2, 0) is 11.2 Å². The highest BCUT2D eigenvalue weighted by Gasteiger charge is 2.40. The average molecular weight is 596 g/mol. The minimum atomic E-state index is -0.160. The summed E-state index contributed by atoms with van der Waals surface area (Å²) in [5, 5.41) is 0. The van der Waals surface area contributed by atoms with Gasteiger partial charge in [0, 0.05) is 50.9 Å². The van der Waals surface area contributed by atoms with Crippen LogP contribution in [0.15, 0.2) is 91.0 Å². The first-order valence-electron chi connectivity index (χ1n) is 16.6. The van der Waals surface area contributed by atoms with Crippen LogP contribution in [0.2, 0.25) is 0 Å². The smallest absolute Gasteiger partial charge is 0.410 e. The maximum absolute atomic E-state index is 13.3. The number of hydrogen-bond donors (Lipinski definition) is 0. The first-order valence-corrected chi connectivity index (χ1v) is 16.6. The van der Waals surface area contributed by atoms with Crippen molar-refractivity contribution in [3.8, 4) is 0 Å². The van der Waals surface area contributed by atoms with Gasteiger partial charge in [-0.1, -0.05) is 85.8 Å². The zero-order valence-corrected chi connectivity index (χ0v) is 26.5. The van der Waals surface area contributed by atoms with Crippen LogP contribution >= 0.6 is 0 Å². The number of piperidine rings is 1. The summed E-state index contributed by atoms with van der Waals surface area (Å²) in [6.45, 7) is 6.31. The third kappa shape index (κ3) is 8.29. The van der Waals surface area contributed by atoms with Crippen LogP contribution in [0.5, 0.6) is 0 Å². The number of rotatable bonds is 12. The van der Waals surface area contributed by atoms with Crippen LogP contribution < -0.4 is 0 Å². The maximum Gasteiger partial charge on any atom is 0.410 e. The fourth-order valence-electron chi connectivity index (χ4n) is 7.24. The van der Waals surface area contributed by atoms with Crippen molar-refractivity contribution in [2.24, 2.45) is 5.92 Å². The van der Waals surface area contributed by atoms with Crippen molar-refractivity contribution < 1.29 is 14.3 Å². The summed E-state index contributed by atoms with van der Waals surface area (Å²) in [6, 6.07) is 31.3. The molecule has 1 aliphatic carbocycles. The number of benzene rings is 3. The molecule has 6 heteroatoms. The number of ether oxygens (including phenoxy) is 1. The SMILES string of the molecule is CCCN(C(=O)OCCCc1ccccc1)C1CCN(CC2CC(N(C)C(=O)c3ccccc3)CC2c2ccccc2)CC1. The number of carbonyl (C=O) groups excluding carboxylic acids is 2. The van der Waals surface area contributed by atoms with Crippen molar-refractivity contribution in [3.05, 3.63) is 108 Å². The highest BCUT2D eigenvalue weighted by atomic mass is 16.6. The minimum Gasteiger partial charge on any atom is -0.449 e. The van der Waals surface area contributed by atoms with E-state index in [1.807, 2.05) is 53.2 Å². The normalized spacial score (nSPS) is 20.7. The molecule has 1 saturated carbocycles. The second-order valence-corrected chi connectivity index (χ2v) is 12.6. The van der Waals surface area contributed by atoms with E-state index in [1.54, 1.807) is 0 Å². The van der Waals surface area contributed by atoms with Gasteiger partial charge in [0.2, 0.25) is 0 Å². The van der Waals surface area contributed by atoms with Crippen LogP contribution in [0.1, 0.15) is 72.9 Å². The predicted octanol–water partition coefficient (Wildman–Crippen LogP) is 7.27. The van der Waals surface area contributed by atoms with Gasteiger partial charge in [-0.05, 0) is 80.0 Å².